The number of benzene rings is 1. The molecule has 3 aliphatic carbocycles. The summed E-state index contributed by atoms with van der Waals surface area (Å²) in [5.74, 6) is 4.24. The van der Waals surface area contributed by atoms with Crippen molar-refractivity contribution in [1.29, 1.82) is 0 Å². The smallest absolute Gasteiger partial charge is 0.0213 e. The van der Waals surface area contributed by atoms with Gasteiger partial charge in [-0.3, -0.25) is 0 Å². The van der Waals surface area contributed by atoms with Gasteiger partial charge in [0.1, 0.15) is 0 Å². The van der Waals surface area contributed by atoms with E-state index in [4.69, 9.17) is 0 Å². The summed E-state index contributed by atoms with van der Waals surface area (Å²) < 4.78 is 0. The maximum absolute atomic E-state index is 3.92. The van der Waals surface area contributed by atoms with E-state index in [0.717, 1.165) is 36.3 Å². The third kappa shape index (κ3) is 1.94. The molecule has 1 aromatic carbocycles. The molecule has 0 aliphatic heterocycles. The fourth-order valence-corrected chi connectivity index (χ4v) is 5.66. The lowest BCUT2D eigenvalue weighted by atomic mass is 9.79. The molecule has 4 rings (SSSR count). The Morgan fingerprint density at radius 3 is 2.55 bits per heavy atom. The Balaban J connectivity index is 1.44. The van der Waals surface area contributed by atoms with Crippen molar-refractivity contribution in [3.05, 3.63) is 34.9 Å². The van der Waals surface area contributed by atoms with Gasteiger partial charge in [0.25, 0.3) is 0 Å². The van der Waals surface area contributed by atoms with Crippen molar-refractivity contribution in [2.45, 2.75) is 58.5 Å². The first kappa shape index (κ1) is 12.9. The van der Waals surface area contributed by atoms with Crippen LogP contribution in [0, 0.1) is 37.5 Å². The monoisotopic (exact) mass is 269 g/mol. The maximum Gasteiger partial charge on any atom is 0.0213 e. The summed E-state index contributed by atoms with van der Waals surface area (Å²) in [6.45, 7) is 5.57. The highest BCUT2D eigenvalue weighted by molar-refractivity contribution is 5.33. The van der Waals surface area contributed by atoms with E-state index in [1.54, 1.807) is 0 Å². The zero-order valence-electron chi connectivity index (χ0n) is 12.9. The van der Waals surface area contributed by atoms with E-state index in [2.05, 4.69) is 37.4 Å². The zero-order chi connectivity index (χ0) is 13.7. The van der Waals surface area contributed by atoms with Gasteiger partial charge in [-0.05, 0) is 79.9 Å². The normalized spacial score (nSPS) is 38.4. The van der Waals surface area contributed by atoms with Crippen molar-refractivity contribution >= 4 is 0 Å². The van der Waals surface area contributed by atoms with Crippen molar-refractivity contribution in [2.24, 2.45) is 23.7 Å². The Morgan fingerprint density at radius 1 is 1.00 bits per heavy atom. The minimum atomic E-state index is 0.804. The molecule has 108 valence electrons. The quantitative estimate of drug-likeness (QED) is 0.866. The Bertz CT molecular complexity index is 486. The van der Waals surface area contributed by atoms with Crippen LogP contribution in [0.2, 0.25) is 0 Å². The second kappa shape index (κ2) is 4.87. The molecule has 5 atom stereocenters. The van der Waals surface area contributed by atoms with Crippen molar-refractivity contribution in [1.82, 2.24) is 5.32 Å². The van der Waals surface area contributed by atoms with Crippen LogP contribution in [0.4, 0.5) is 0 Å². The Labute approximate surface area is 123 Å². The van der Waals surface area contributed by atoms with Crippen LogP contribution < -0.4 is 5.32 Å². The van der Waals surface area contributed by atoms with E-state index in [9.17, 15) is 0 Å². The van der Waals surface area contributed by atoms with Crippen LogP contribution in [0.3, 0.4) is 0 Å². The van der Waals surface area contributed by atoms with Gasteiger partial charge >= 0.3 is 0 Å². The van der Waals surface area contributed by atoms with Gasteiger partial charge in [0.15, 0.2) is 0 Å². The van der Waals surface area contributed by atoms with Gasteiger partial charge in [0.05, 0.1) is 0 Å². The van der Waals surface area contributed by atoms with E-state index >= 15 is 0 Å². The maximum atomic E-state index is 3.92. The Hall–Kier alpha value is -0.820. The highest BCUT2D eigenvalue weighted by Gasteiger charge is 2.53. The van der Waals surface area contributed by atoms with Crippen molar-refractivity contribution in [3.8, 4) is 0 Å². The van der Waals surface area contributed by atoms with Crippen LogP contribution in [-0.2, 0) is 6.54 Å². The van der Waals surface area contributed by atoms with Gasteiger partial charge in [0, 0.05) is 12.6 Å². The average Bonchev–Trinajstić information content (AvgIpc) is 3.10. The number of rotatable bonds is 3. The van der Waals surface area contributed by atoms with E-state index in [-0.39, 0.29) is 0 Å². The van der Waals surface area contributed by atoms with Gasteiger partial charge in [-0.15, -0.1) is 0 Å². The largest absolute Gasteiger partial charge is 0.310 e. The number of hydrogen-bond donors (Lipinski definition) is 1. The summed E-state index contributed by atoms with van der Waals surface area (Å²) in [6, 6.07) is 7.48. The fourth-order valence-electron chi connectivity index (χ4n) is 5.66. The SMILES string of the molecule is Cc1cccc(C)c1CNC1CC2CC1C1CCCC21. The third-order valence-electron chi connectivity index (χ3n) is 6.61. The molecule has 1 nitrogen and oxygen atoms in total. The highest BCUT2D eigenvalue weighted by Crippen LogP contribution is 2.58. The third-order valence-corrected chi connectivity index (χ3v) is 6.61. The summed E-state index contributed by atoms with van der Waals surface area (Å²) in [6.07, 6.45) is 7.55. The second-order valence-electron chi connectivity index (χ2n) is 7.51. The van der Waals surface area contributed by atoms with Gasteiger partial charge in [-0.25, -0.2) is 0 Å². The van der Waals surface area contributed by atoms with Crippen molar-refractivity contribution in [2.75, 3.05) is 0 Å². The molecule has 2 bridgehead atoms. The first-order valence-electron chi connectivity index (χ1n) is 8.52. The minimum absolute atomic E-state index is 0.804. The standard InChI is InChI=1S/C19H27N/c1-12-5-3-6-13(2)18(12)11-20-19-10-14-9-17(19)16-8-4-7-15(14)16/h3,5-6,14-17,19-20H,4,7-11H2,1-2H3. The fraction of sp³-hybridized carbons (Fsp3) is 0.684. The molecule has 0 amide bonds. The molecule has 0 heterocycles. The Morgan fingerprint density at radius 2 is 1.75 bits per heavy atom. The van der Waals surface area contributed by atoms with Crippen LogP contribution >= 0.6 is 0 Å². The molecule has 0 radical (unpaired) electrons. The molecule has 3 aliphatic rings. The number of hydrogen-bond acceptors (Lipinski definition) is 1. The van der Waals surface area contributed by atoms with E-state index in [1.165, 1.54) is 48.8 Å². The summed E-state index contributed by atoms with van der Waals surface area (Å²) >= 11 is 0. The van der Waals surface area contributed by atoms with Gasteiger partial charge in [-0.1, -0.05) is 24.6 Å². The molecule has 0 aromatic heterocycles. The molecule has 0 spiro atoms. The molecule has 1 aromatic rings. The lowest BCUT2D eigenvalue weighted by molar-refractivity contribution is 0.208. The lowest BCUT2D eigenvalue weighted by Gasteiger charge is -2.32. The molecule has 1 N–H and O–H groups in total. The number of fused-ring (bicyclic) bond motifs is 5. The van der Waals surface area contributed by atoms with Crippen LogP contribution in [0.5, 0.6) is 0 Å². The molecule has 1 heteroatoms. The summed E-state index contributed by atoms with van der Waals surface area (Å²) in [4.78, 5) is 0. The first-order valence-corrected chi connectivity index (χ1v) is 8.52. The topological polar surface area (TPSA) is 12.0 Å². The molecular weight excluding hydrogens is 242 g/mol. The Kier molecular flexibility index (Phi) is 3.14. The summed E-state index contributed by atoms with van der Waals surface area (Å²) in [5, 5.41) is 3.92. The molecular formula is C19H27N. The van der Waals surface area contributed by atoms with Crippen LogP contribution in [0.25, 0.3) is 0 Å². The first-order chi connectivity index (χ1) is 9.74. The molecule has 3 fully saturated rings. The van der Waals surface area contributed by atoms with Gasteiger partial charge in [0.2, 0.25) is 0 Å². The molecule has 5 unspecified atom stereocenters. The van der Waals surface area contributed by atoms with Crippen molar-refractivity contribution < 1.29 is 0 Å². The highest BCUT2D eigenvalue weighted by atomic mass is 14.9. The molecule has 20 heavy (non-hydrogen) atoms. The molecule has 0 saturated heterocycles. The van der Waals surface area contributed by atoms with E-state index in [1.807, 2.05) is 0 Å². The predicted octanol–water partition coefficient (Wildman–Crippen LogP) is 4.22. The summed E-state index contributed by atoms with van der Waals surface area (Å²) in [5.41, 5.74) is 4.41. The molecule has 3 saturated carbocycles. The lowest BCUT2D eigenvalue weighted by Crippen LogP contribution is -2.39. The number of aryl methyl sites for hydroxylation is 2. The van der Waals surface area contributed by atoms with Crippen LogP contribution in [0.1, 0.15) is 48.8 Å². The van der Waals surface area contributed by atoms with Gasteiger partial charge in [-0.2, -0.15) is 0 Å². The van der Waals surface area contributed by atoms with Crippen molar-refractivity contribution in [3.63, 3.8) is 0 Å². The predicted molar refractivity (Wildman–Crippen MR) is 83.6 cm³/mol. The van der Waals surface area contributed by atoms with Crippen LogP contribution in [-0.4, -0.2) is 6.04 Å². The van der Waals surface area contributed by atoms with Crippen LogP contribution in [0.15, 0.2) is 18.2 Å². The minimum Gasteiger partial charge on any atom is -0.310 e. The zero-order valence-corrected chi connectivity index (χ0v) is 12.9. The summed E-state index contributed by atoms with van der Waals surface area (Å²) in [7, 11) is 0. The van der Waals surface area contributed by atoms with Gasteiger partial charge < -0.3 is 5.32 Å². The second-order valence-corrected chi connectivity index (χ2v) is 7.51. The van der Waals surface area contributed by atoms with E-state index in [0.29, 0.717) is 0 Å². The van der Waals surface area contributed by atoms with E-state index < -0.39 is 0 Å². The average molecular weight is 269 g/mol. The number of nitrogens with one attached hydrogen (secondary N) is 1.